The summed E-state index contributed by atoms with van der Waals surface area (Å²) in [5, 5.41) is 0. The molecule has 10 heteroatoms. The molecule has 9 nitrogen and oxygen atoms in total. The van der Waals surface area contributed by atoms with Crippen LogP contribution in [-0.2, 0) is 32.7 Å². The van der Waals surface area contributed by atoms with Crippen molar-refractivity contribution in [3.8, 4) is 0 Å². The van der Waals surface area contributed by atoms with Crippen LogP contribution in [-0.4, -0.2) is 70.0 Å². The molecule has 374 valence electrons. The number of hydrogen-bond donors (Lipinski definition) is 0. The van der Waals surface area contributed by atoms with Gasteiger partial charge in [0, 0.05) is 12.8 Å². The lowest BCUT2D eigenvalue weighted by Gasteiger charge is -2.28. The van der Waals surface area contributed by atoms with Crippen molar-refractivity contribution in [3.05, 3.63) is 122 Å². The third-order valence-electron chi connectivity index (χ3n) is 9.98. The monoisotopic (exact) mass is 938 g/mol. The zero-order valence-electron chi connectivity index (χ0n) is 42.1. The van der Waals surface area contributed by atoms with Crippen LogP contribution in [0.5, 0.6) is 0 Å². The lowest BCUT2D eigenvalue weighted by Crippen LogP contribution is -2.37. The molecular formula is C56H92NO8P. The van der Waals surface area contributed by atoms with Crippen LogP contribution in [0.3, 0.4) is 0 Å². The maximum Gasteiger partial charge on any atom is 0.306 e. The van der Waals surface area contributed by atoms with Gasteiger partial charge in [-0.1, -0.05) is 174 Å². The van der Waals surface area contributed by atoms with Crippen LogP contribution < -0.4 is 4.89 Å². The van der Waals surface area contributed by atoms with Gasteiger partial charge in [0.1, 0.15) is 19.8 Å². The van der Waals surface area contributed by atoms with Crippen molar-refractivity contribution < 1.29 is 42.1 Å². The number of phosphoric ester groups is 1. The predicted molar refractivity (Wildman–Crippen MR) is 277 cm³/mol. The van der Waals surface area contributed by atoms with E-state index in [-0.39, 0.29) is 26.1 Å². The van der Waals surface area contributed by atoms with Gasteiger partial charge in [0.25, 0.3) is 7.82 Å². The summed E-state index contributed by atoms with van der Waals surface area (Å²) in [5.41, 5.74) is 0. The van der Waals surface area contributed by atoms with Gasteiger partial charge in [-0.3, -0.25) is 14.2 Å². The standard InChI is InChI=1S/C56H92NO8P/c1-6-8-10-12-14-16-18-20-21-22-23-24-25-26-27-28-29-30-31-32-33-34-35-37-39-41-43-45-47-49-56(59)65-54(53-64-66(60,61)63-51-50-57(3,4)5)52-62-55(58)48-46-44-42-40-38-36-19-17-15-13-11-9-7-2/h8-11,14-17,20-21,23-24,26-27,29-30,32-33,36,38,54H,6-7,12-13,18-19,22,25,28,31,34-35,37,39-53H2,1-5H3/b10-8-,11-9-,16-14-,17-15-,21-20-,24-23-,27-26-,30-29-,33-32-,38-36-. The Bertz CT molecular complexity index is 1530. The number of esters is 2. The zero-order chi connectivity index (χ0) is 48.5. The van der Waals surface area contributed by atoms with Crippen molar-refractivity contribution in [2.24, 2.45) is 0 Å². The molecule has 0 amide bonds. The SMILES string of the molecule is CC/C=C\C/C=C\C/C=C\C/C=C\C/C=C\C/C=C\C/C=C\CCCCCCCCCC(=O)OC(COC(=O)CCCCC/C=C\C/C=C\C/C=C\CC)COP(=O)([O-])OCC[N+](C)(C)C. The smallest absolute Gasteiger partial charge is 0.306 e. The first-order valence-electron chi connectivity index (χ1n) is 25.2. The van der Waals surface area contributed by atoms with Crippen molar-refractivity contribution in [1.29, 1.82) is 0 Å². The van der Waals surface area contributed by atoms with Crippen molar-refractivity contribution in [1.82, 2.24) is 0 Å². The average Bonchev–Trinajstić information content (AvgIpc) is 3.27. The fraction of sp³-hybridized carbons (Fsp3) is 0.607. The van der Waals surface area contributed by atoms with Crippen LogP contribution in [0.4, 0.5) is 0 Å². The number of allylic oxidation sites excluding steroid dienone is 20. The maximum absolute atomic E-state index is 12.7. The molecule has 0 aliphatic heterocycles. The van der Waals surface area contributed by atoms with E-state index in [1.54, 1.807) is 0 Å². The molecule has 0 bridgehead atoms. The molecule has 0 fully saturated rings. The van der Waals surface area contributed by atoms with Crippen LogP contribution in [0.15, 0.2) is 122 Å². The summed E-state index contributed by atoms with van der Waals surface area (Å²) >= 11 is 0. The average molecular weight is 938 g/mol. The van der Waals surface area contributed by atoms with Crippen LogP contribution in [0.25, 0.3) is 0 Å². The topological polar surface area (TPSA) is 111 Å². The highest BCUT2D eigenvalue weighted by molar-refractivity contribution is 7.45. The van der Waals surface area contributed by atoms with E-state index in [1.807, 2.05) is 21.1 Å². The maximum atomic E-state index is 12.7. The molecule has 0 N–H and O–H groups in total. The third-order valence-corrected chi connectivity index (χ3v) is 10.9. The first-order chi connectivity index (χ1) is 32.0. The highest BCUT2D eigenvalue weighted by atomic mass is 31.2. The summed E-state index contributed by atoms with van der Waals surface area (Å²) in [6, 6.07) is 0. The molecule has 0 aromatic rings. The van der Waals surface area contributed by atoms with Crippen LogP contribution in [0, 0.1) is 0 Å². The van der Waals surface area contributed by atoms with E-state index < -0.39 is 32.5 Å². The summed E-state index contributed by atoms with van der Waals surface area (Å²) in [7, 11) is 1.12. The molecule has 2 unspecified atom stereocenters. The molecule has 0 aliphatic rings. The van der Waals surface area contributed by atoms with Gasteiger partial charge in [-0.15, -0.1) is 0 Å². The summed E-state index contributed by atoms with van der Waals surface area (Å²) in [5.74, 6) is -0.894. The Hall–Kier alpha value is -3.59. The largest absolute Gasteiger partial charge is 0.756 e. The number of unbranched alkanes of at least 4 members (excludes halogenated alkanes) is 10. The number of phosphoric acid groups is 1. The lowest BCUT2D eigenvalue weighted by atomic mass is 10.1. The second-order valence-electron chi connectivity index (χ2n) is 17.4. The van der Waals surface area contributed by atoms with Gasteiger partial charge < -0.3 is 27.9 Å². The number of quaternary nitrogens is 1. The number of nitrogens with zero attached hydrogens (tertiary/aromatic N) is 1. The Morgan fingerprint density at radius 2 is 0.818 bits per heavy atom. The summed E-state index contributed by atoms with van der Waals surface area (Å²) in [4.78, 5) is 37.6. The zero-order valence-corrected chi connectivity index (χ0v) is 43.0. The van der Waals surface area contributed by atoms with Gasteiger partial charge in [0.2, 0.25) is 0 Å². The molecule has 0 aromatic heterocycles. The van der Waals surface area contributed by atoms with Crippen molar-refractivity contribution in [2.45, 2.75) is 174 Å². The Morgan fingerprint density at radius 3 is 1.23 bits per heavy atom. The summed E-state index contributed by atoms with van der Waals surface area (Å²) in [6.45, 7) is 3.92. The highest BCUT2D eigenvalue weighted by Gasteiger charge is 2.21. The van der Waals surface area contributed by atoms with Gasteiger partial charge in [0.15, 0.2) is 6.10 Å². The van der Waals surface area contributed by atoms with Crippen LogP contribution >= 0.6 is 7.82 Å². The highest BCUT2D eigenvalue weighted by Crippen LogP contribution is 2.38. The van der Waals surface area contributed by atoms with Crippen molar-refractivity contribution >= 4 is 19.8 Å². The lowest BCUT2D eigenvalue weighted by molar-refractivity contribution is -0.870. The molecule has 0 spiro atoms. The Balaban J connectivity index is 4.29. The molecule has 0 saturated heterocycles. The molecular weight excluding hydrogens is 846 g/mol. The molecule has 0 aliphatic carbocycles. The predicted octanol–water partition coefficient (Wildman–Crippen LogP) is 14.6. The number of carbonyl (C=O) groups excluding carboxylic acids is 2. The van der Waals surface area contributed by atoms with E-state index in [1.165, 1.54) is 12.8 Å². The van der Waals surface area contributed by atoms with E-state index in [2.05, 4.69) is 135 Å². The van der Waals surface area contributed by atoms with Gasteiger partial charge in [0.05, 0.1) is 27.7 Å². The van der Waals surface area contributed by atoms with Crippen molar-refractivity contribution in [3.63, 3.8) is 0 Å². The van der Waals surface area contributed by atoms with E-state index >= 15 is 0 Å². The fourth-order valence-electron chi connectivity index (χ4n) is 6.12. The number of ether oxygens (including phenoxy) is 2. The minimum atomic E-state index is -4.65. The summed E-state index contributed by atoms with van der Waals surface area (Å²) in [6.07, 6.45) is 65.2. The van der Waals surface area contributed by atoms with Crippen LogP contribution in [0.1, 0.15) is 168 Å². The Kier molecular flexibility index (Phi) is 44.0. The first kappa shape index (κ1) is 62.4. The molecule has 0 saturated carbocycles. The van der Waals surface area contributed by atoms with Gasteiger partial charge in [-0.25, -0.2) is 0 Å². The molecule has 2 atom stereocenters. The molecule has 0 rings (SSSR count). The fourth-order valence-corrected chi connectivity index (χ4v) is 6.85. The first-order valence-corrected chi connectivity index (χ1v) is 26.7. The number of likely N-dealkylation sites (N-methyl/N-ethyl adjacent to an activating group) is 1. The second kappa shape index (κ2) is 46.5. The number of rotatable bonds is 44. The van der Waals surface area contributed by atoms with E-state index in [9.17, 15) is 19.0 Å². The molecule has 0 radical (unpaired) electrons. The number of carbonyl (C=O) groups is 2. The van der Waals surface area contributed by atoms with E-state index in [0.29, 0.717) is 23.9 Å². The second-order valence-corrected chi connectivity index (χ2v) is 18.8. The van der Waals surface area contributed by atoms with Crippen LogP contribution in [0.2, 0.25) is 0 Å². The third kappa shape index (κ3) is 49.8. The molecule has 0 aromatic carbocycles. The quantitative estimate of drug-likeness (QED) is 0.0195. The van der Waals surface area contributed by atoms with E-state index in [0.717, 1.165) is 116 Å². The normalized spacial score (nSPS) is 14.5. The Labute approximate surface area is 403 Å². The molecule has 0 heterocycles. The van der Waals surface area contributed by atoms with Gasteiger partial charge >= 0.3 is 11.9 Å². The van der Waals surface area contributed by atoms with E-state index in [4.69, 9.17) is 18.5 Å². The minimum absolute atomic E-state index is 0.0454. The Morgan fingerprint density at radius 1 is 0.470 bits per heavy atom. The number of hydrogen-bond acceptors (Lipinski definition) is 8. The minimum Gasteiger partial charge on any atom is -0.756 e. The van der Waals surface area contributed by atoms with Gasteiger partial charge in [-0.2, -0.15) is 0 Å². The molecule has 66 heavy (non-hydrogen) atoms. The summed E-state index contributed by atoms with van der Waals surface area (Å²) < 4.78 is 33.9. The van der Waals surface area contributed by atoms with Gasteiger partial charge in [-0.05, 0) is 103 Å². The van der Waals surface area contributed by atoms with Crippen molar-refractivity contribution in [2.75, 3.05) is 47.5 Å².